The lowest BCUT2D eigenvalue weighted by atomic mass is 10.1. The highest BCUT2D eigenvalue weighted by Crippen LogP contribution is 2.32. The lowest BCUT2D eigenvalue weighted by molar-refractivity contribution is 0.0931. The number of H-pyrrole nitrogens is 1. The summed E-state index contributed by atoms with van der Waals surface area (Å²) in [5, 5.41) is 9.23. The zero-order chi connectivity index (χ0) is 12.5. The second-order valence-electron chi connectivity index (χ2n) is 4.34. The maximum absolute atomic E-state index is 13.5. The molecule has 1 heterocycles. The fraction of sp³-hybridized carbons (Fsp3) is 0.231. The summed E-state index contributed by atoms with van der Waals surface area (Å²) in [7, 11) is 0. The SMILES string of the molecule is O=C(NC1CCc2c(F)cccc21)c1ccn[nH]1. The molecule has 2 aromatic rings. The Morgan fingerprint density at radius 1 is 1.44 bits per heavy atom. The summed E-state index contributed by atoms with van der Waals surface area (Å²) < 4.78 is 13.5. The van der Waals surface area contributed by atoms with Gasteiger partial charge >= 0.3 is 0 Å². The van der Waals surface area contributed by atoms with Crippen LogP contribution in [0, 0.1) is 5.82 Å². The van der Waals surface area contributed by atoms with E-state index in [1.165, 1.54) is 12.3 Å². The van der Waals surface area contributed by atoms with Crippen LogP contribution in [0.25, 0.3) is 0 Å². The van der Waals surface area contributed by atoms with E-state index in [4.69, 9.17) is 0 Å². The Labute approximate surface area is 103 Å². The number of hydrogen-bond acceptors (Lipinski definition) is 2. The van der Waals surface area contributed by atoms with Gasteiger partial charge in [0.05, 0.1) is 6.04 Å². The molecule has 92 valence electrons. The maximum Gasteiger partial charge on any atom is 0.269 e. The van der Waals surface area contributed by atoms with Gasteiger partial charge in [-0.3, -0.25) is 9.89 Å². The van der Waals surface area contributed by atoms with Crippen molar-refractivity contribution < 1.29 is 9.18 Å². The topological polar surface area (TPSA) is 57.8 Å². The molecule has 0 aliphatic heterocycles. The van der Waals surface area contributed by atoms with Crippen LogP contribution in [0.1, 0.15) is 34.1 Å². The van der Waals surface area contributed by atoms with E-state index in [-0.39, 0.29) is 17.8 Å². The highest BCUT2D eigenvalue weighted by atomic mass is 19.1. The Bertz CT molecular complexity index is 580. The number of rotatable bonds is 2. The molecule has 0 saturated carbocycles. The zero-order valence-electron chi connectivity index (χ0n) is 9.61. The van der Waals surface area contributed by atoms with Gasteiger partial charge in [-0.2, -0.15) is 5.10 Å². The van der Waals surface area contributed by atoms with Crippen molar-refractivity contribution >= 4 is 5.91 Å². The van der Waals surface area contributed by atoms with Gasteiger partial charge in [0, 0.05) is 6.20 Å². The van der Waals surface area contributed by atoms with Crippen molar-refractivity contribution in [3.8, 4) is 0 Å². The minimum Gasteiger partial charge on any atom is -0.344 e. The second kappa shape index (κ2) is 4.25. The third-order valence-electron chi connectivity index (χ3n) is 3.26. The van der Waals surface area contributed by atoms with Crippen LogP contribution in [-0.4, -0.2) is 16.1 Å². The number of nitrogens with one attached hydrogen (secondary N) is 2. The normalized spacial score (nSPS) is 17.5. The van der Waals surface area contributed by atoms with Crippen LogP contribution in [0.5, 0.6) is 0 Å². The second-order valence-corrected chi connectivity index (χ2v) is 4.34. The van der Waals surface area contributed by atoms with Gasteiger partial charge in [0.2, 0.25) is 0 Å². The minimum absolute atomic E-state index is 0.119. The minimum atomic E-state index is -0.213. The number of hydrogen-bond donors (Lipinski definition) is 2. The van der Waals surface area contributed by atoms with Crippen LogP contribution >= 0.6 is 0 Å². The Hall–Kier alpha value is -2.17. The van der Waals surface area contributed by atoms with Gasteiger partial charge in [0.15, 0.2) is 0 Å². The first kappa shape index (κ1) is 11.0. The van der Waals surface area contributed by atoms with E-state index in [9.17, 15) is 9.18 Å². The average Bonchev–Trinajstić information content (AvgIpc) is 2.99. The molecule has 0 saturated heterocycles. The first-order chi connectivity index (χ1) is 8.75. The van der Waals surface area contributed by atoms with Crippen LogP contribution in [0.4, 0.5) is 4.39 Å². The molecule has 2 N–H and O–H groups in total. The number of carbonyl (C=O) groups is 1. The van der Waals surface area contributed by atoms with E-state index in [1.807, 2.05) is 6.07 Å². The van der Waals surface area contributed by atoms with Crippen molar-refractivity contribution in [2.75, 3.05) is 0 Å². The van der Waals surface area contributed by atoms with Gasteiger partial charge in [-0.05, 0) is 36.1 Å². The van der Waals surface area contributed by atoms with E-state index < -0.39 is 0 Å². The molecule has 1 aromatic heterocycles. The highest BCUT2D eigenvalue weighted by molar-refractivity contribution is 5.92. The molecule has 1 aliphatic rings. The molecule has 18 heavy (non-hydrogen) atoms. The van der Waals surface area contributed by atoms with Crippen molar-refractivity contribution in [2.24, 2.45) is 0 Å². The largest absolute Gasteiger partial charge is 0.344 e. The van der Waals surface area contributed by atoms with Gasteiger partial charge < -0.3 is 5.32 Å². The molecular formula is C13H12FN3O. The van der Waals surface area contributed by atoms with Gasteiger partial charge in [-0.1, -0.05) is 12.1 Å². The van der Waals surface area contributed by atoms with Crippen LogP contribution < -0.4 is 5.32 Å². The van der Waals surface area contributed by atoms with E-state index in [2.05, 4.69) is 15.5 Å². The predicted octanol–water partition coefficient (Wildman–Crippen LogP) is 1.97. The molecular weight excluding hydrogens is 233 g/mol. The Morgan fingerprint density at radius 2 is 2.33 bits per heavy atom. The molecule has 3 rings (SSSR count). The van der Waals surface area contributed by atoms with Gasteiger partial charge in [-0.25, -0.2) is 4.39 Å². The molecule has 4 nitrogen and oxygen atoms in total. The Balaban J connectivity index is 1.81. The fourth-order valence-electron chi connectivity index (χ4n) is 2.38. The smallest absolute Gasteiger partial charge is 0.269 e. The summed E-state index contributed by atoms with van der Waals surface area (Å²) in [5.74, 6) is -0.402. The maximum atomic E-state index is 13.5. The summed E-state index contributed by atoms with van der Waals surface area (Å²) in [6.07, 6.45) is 2.92. The van der Waals surface area contributed by atoms with Crippen LogP contribution in [0.3, 0.4) is 0 Å². The summed E-state index contributed by atoms with van der Waals surface area (Å²) in [6, 6.07) is 6.49. The van der Waals surface area contributed by atoms with Crippen molar-refractivity contribution in [3.63, 3.8) is 0 Å². The number of carbonyl (C=O) groups excluding carboxylic acids is 1. The van der Waals surface area contributed by atoms with Crippen molar-refractivity contribution in [2.45, 2.75) is 18.9 Å². The monoisotopic (exact) mass is 245 g/mol. The highest BCUT2D eigenvalue weighted by Gasteiger charge is 2.26. The molecule has 1 aromatic carbocycles. The van der Waals surface area contributed by atoms with Crippen molar-refractivity contribution in [1.82, 2.24) is 15.5 Å². The molecule has 5 heteroatoms. The average molecular weight is 245 g/mol. The van der Waals surface area contributed by atoms with Crippen molar-refractivity contribution in [3.05, 3.63) is 53.1 Å². The molecule has 0 radical (unpaired) electrons. The van der Waals surface area contributed by atoms with Crippen molar-refractivity contribution in [1.29, 1.82) is 0 Å². The summed E-state index contributed by atoms with van der Waals surface area (Å²) in [4.78, 5) is 11.9. The third kappa shape index (κ3) is 1.77. The number of fused-ring (bicyclic) bond motifs is 1. The van der Waals surface area contributed by atoms with E-state index in [0.29, 0.717) is 17.7 Å². The number of halogens is 1. The fourth-order valence-corrected chi connectivity index (χ4v) is 2.38. The number of aromatic amines is 1. The molecule has 0 spiro atoms. The number of nitrogens with zero attached hydrogens (tertiary/aromatic N) is 1. The standard InChI is InChI=1S/C13H12FN3O/c14-10-3-1-2-9-8(10)4-5-11(9)16-13(18)12-6-7-15-17-12/h1-3,6-7,11H,4-5H2,(H,15,17)(H,16,18). The van der Waals surface area contributed by atoms with E-state index >= 15 is 0 Å². The molecule has 0 fully saturated rings. The van der Waals surface area contributed by atoms with Gasteiger partial charge in [-0.15, -0.1) is 0 Å². The lowest BCUT2D eigenvalue weighted by Gasteiger charge is -2.13. The summed E-state index contributed by atoms with van der Waals surface area (Å²) in [5.41, 5.74) is 2.01. The van der Waals surface area contributed by atoms with Crippen LogP contribution in [0.2, 0.25) is 0 Å². The van der Waals surface area contributed by atoms with Gasteiger partial charge in [0.1, 0.15) is 11.5 Å². The van der Waals surface area contributed by atoms with Crippen LogP contribution in [-0.2, 0) is 6.42 Å². The molecule has 1 atom stereocenters. The molecule has 1 amide bonds. The van der Waals surface area contributed by atoms with Gasteiger partial charge in [0.25, 0.3) is 5.91 Å². The number of benzene rings is 1. The third-order valence-corrected chi connectivity index (χ3v) is 3.26. The Kier molecular flexibility index (Phi) is 2.59. The number of amides is 1. The molecule has 0 bridgehead atoms. The van der Waals surface area contributed by atoms with E-state index in [0.717, 1.165) is 12.0 Å². The van der Waals surface area contributed by atoms with E-state index in [1.54, 1.807) is 12.1 Å². The Morgan fingerprint density at radius 3 is 3.11 bits per heavy atom. The lowest BCUT2D eigenvalue weighted by Crippen LogP contribution is -2.27. The summed E-state index contributed by atoms with van der Waals surface area (Å²) >= 11 is 0. The number of aromatic nitrogens is 2. The predicted molar refractivity (Wildman–Crippen MR) is 63.5 cm³/mol. The van der Waals surface area contributed by atoms with Crippen LogP contribution in [0.15, 0.2) is 30.5 Å². The zero-order valence-corrected chi connectivity index (χ0v) is 9.61. The summed E-state index contributed by atoms with van der Waals surface area (Å²) in [6.45, 7) is 0. The first-order valence-electron chi connectivity index (χ1n) is 5.83. The molecule has 1 aliphatic carbocycles. The first-order valence-corrected chi connectivity index (χ1v) is 5.83. The quantitative estimate of drug-likeness (QED) is 0.849. The molecule has 1 unspecified atom stereocenters.